The lowest BCUT2D eigenvalue weighted by molar-refractivity contribution is 0.102. The average Bonchev–Trinajstić information content (AvgIpc) is 3.10. The second-order valence-electron chi connectivity index (χ2n) is 6.91. The molecule has 0 aromatic carbocycles. The van der Waals surface area contributed by atoms with Crippen LogP contribution in [0.4, 0.5) is 11.5 Å². The van der Waals surface area contributed by atoms with Gasteiger partial charge in [0.15, 0.2) is 0 Å². The summed E-state index contributed by atoms with van der Waals surface area (Å²) in [5.41, 5.74) is 3.99. The molecule has 1 aliphatic heterocycles. The van der Waals surface area contributed by atoms with Gasteiger partial charge >= 0.3 is 0 Å². The van der Waals surface area contributed by atoms with Gasteiger partial charge in [-0.15, -0.1) is 12.4 Å². The maximum absolute atomic E-state index is 12.9. The largest absolute Gasteiger partial charge is 0.495 e. The van der Waals surface area contributed by atoms with Crippen LogP contribution in [-0.4, -0.2) is 53.6 Å². The number of imidazole rings is 1. The molecular formula is C20H25ClN6O2. The van der Waals surface area contributed by atoms with Gasteiger partial charge in [0.2, 0.25) is 0 Å². The van der Waals surface area contributed by atoms with Crippen LogP contribution in [0.25, 0.3) is 5.65 Å². The number of amides is 1. The molecule has 154 valence electrons. The van der Waals surface area contributed by atoms with E-state index in [2.05, 4.69) is 25.5 Å². The van der Waals surface area contributed by atoms with Crippen LogP contribution >= 0.6 is 12.4 Å². The van der Waals surface area contributed by atoms with Crippen LogP contribution in [0.2, 0.25) is 0 Å². The van der Waals surface area contributed by atoms with Gasteiger partial charge in [-0.3, -0.25) is 4.79 Å². The molecule has 3 aromatic rings. The summed E-state index contributed by atoms with van der Waals surface area (Å²) in [6.45, 7) is 7.66. The summed E-state index contributed by atoms with van der Waals surface area (Å²) in [6, 6.07) is 3.81. The van der Waals surface area contributed by atoms with Crippen LogP contribution in [0.5, 0.6) is 5.75 Å². The van der Waals surface area contributed by atoms with Crippen molar-refractivity contribution in [1.82, 2.24) is 19.7 Å². The minimum absolute atomic E-state index is 0. The first kappa shape index (κ1) is 20.9. The quantitative estimate of drug-likeness (QED) is 0.679. The number of methoxy groups -OCH3 is 1. The molecular weight excluding hydrogens is 392 g/mol. The van der Waals surface area contributed by atoms with E-state index in [9.17, 15) is 4.79 Å². The Hall–Kier alpha value is -2.84. The molecule has 0 unspecified atom stereocenters. The number of anilines is 2. The fourth-order valence-corrected chi connectivity index (χ4v) is 3.57. The zero-order valence-corrected chi connectivity index (χ0v) is 17.5. The number of hydrogen-bond donors (Lipinski definition) is 2. The molecule has 9 heteroatoms. The van der Waals surface area contributed by atoms with E-state index in [1.54, 1.807) is 19.5 Å². The third-order valence-electron chi connectivity index (χ3n) is 4.96. The number of nitrogens with one attached hydrogen (secondary N) is 2. The predicted molar refractivity (Wildman–Crippen MR) is 116 cm³/mol. The van der Waals surface area contributed by atoms with Crippen LogP contribution in [0.15, 0.2) is 30.7 Å². The van der Waals surface area contributed by atoms with Crippen molar-refractivity contribution in [3.05, 3.63) is 47.5 Å². The number of pyridine rings is 2. The first-order valence-corrected chi connectivity index (χ1v) is 9.33. The molecule has 3 aromatic heterocycles. The van der Waals surface area contributed by atoms with Gasteiger partial charge in [0.25, 0.3) is 5.91 Å². The zero-order chi connectivity index (χ0) is 19.7. The minimum Gasteiger partial charge on any atom is -0.495 e. The number of piperazine rings is 1. The number of carbonyl (C=O) groups is 1. The summed E-state index contributed by atoms with van der Waals surface area (Å²) in [5.74, 6) is 0.758. The Balaban J connectivity index is 0.00000240. The number of halogens is 1. The number of ether oxygens (including phenoxy) is 1. The number of carbonyl (C=O) groups excluding carboxylic acids is 1. The molecule has 4 rings (SSSR count). The highest BCUT2D eigenvalue weighted by Crippen LogP contribution is 2.28. The average molecular weight is 417 g/mol. The number of fused-ring (bicyclic) bond motifs is 1. The first-order valence-electron chi connectivity index (χ1n) is 9.33. The Morgan fingerprint density at radius 3 is 2.62 bits per heavy atom. The topological polar surface area (TPSA) is 83.8 Å². The molecule has 1 fully saturated rings. The van der Waals surface area contributed by atoms with Crippen molar-refractivity contribution in [3.63, 3.8) is 0 Å². The van der Waals surface area contributed by atoms with E-state index in [1.807, 2.05) is 36.6 Å². The van der Waals surface area contributed by atoms with Crippen LogP contribution < -0.4 is 20.3 Å². The van der Waals surface area contributed by atoms with Crippen molar-refractivity contribution < 1.29 is 9.53 Å². The molecule has 4 heterocycles. The Morgan fingerprint density at radius 2 is 1.97 bits per heavy atom. The van der Waals surface area contributed by atoms with Crippen LogP contribution in [0.1, 0.15) is 21.6 Å². The van der Waals surface area contributed by atoms with Gasteiger partial charge in [-0.05, 0) is 26.0 Å². The zero-order valence-electron chi connectivity index (χ0n) is 16.7. The number of rotatable bonds is 4. The lowest BCUT2D eigenvalue weighted by Gasteiger charge is -2.29. The fourth-order valence-electron chi connectivity index (χ4n) is 3.57. The number of aromatic nitrogens is 3. The highest BCUT2D eigenvalue weighted by atomic mass is 35.5. The van der Waals surface area contributed by atoms with E-state index < -0.39 is 0 Å². The Kier molecular flexibility index (Phi) is 6.24. The van der Waals surface area contributed by atoms with E-state index in [0.717, 1.165) is 48.8 Å². The van der Waals surface area contributed by atoms with Crippen LogP contribution in [-0.2, 0) is 0 Å². The highest BCUT2D eigenvalue weighted by molar-refractivity contribution is 6.06. The van der Waals surface area contributed by atoms with Gasteiger partial charge in [0, 0.05) is 44.1 Å². The molecule has 0 radical (unpaired) electrons. The van der Waals surface area contributed by atoms with Crippen molar-refractivity contribution in [1.29, 1.82) is 0 Å². The standard InChI is InChI=1S/C20H24N6O2.ClH/c1-13-11-26-12-16(18(28-3)14(2)19(26)23-13)20(27)24-17-5-4-15(10-22-17)25-8-6-21-7-9-25;/h4-5,10-12,21H,6-9H2,1-3H3,(H,22,24,27);1H. The van der Waals surface area contributed by atoms with Crippen molar-refractivity contribution in [2.45, 2.75) is 13.8 Å². The maximum atomic E-state index is 12.9. The summed E-state index contributed by atoms with van der Waals surface area (Å²) in [4.78, 5) is 24.1. The summed E-state index contributed by atoms with van der Waals surface area (Å²) in [6.07, 6.45) is 5.43. The predicted octanol–water partition coefficient (Wildman–Crippen LogP) is 2.44. The summed E-state index contributed by atoms with van der Waals surface area (Å²) in [5, 5.41) is 6.20. The van der Waals surface area contributed by atoms with Crippen LogP contribution in [0, 0.1) is 13.8 Å². The molecule has 0 spiro atoms. The second kappa shape index (κ2) is 8.67. The smallest absolute Gasteiger partial charge is 0.262 e. The molecule has 0 saturated carbocycles. The molecule has 8 nitrogen and oxygen atoms in total. The number of hydrogen-bond acceptors (Lipinski definition) is 6. The van der Waals surface area contributed by atoms with E-state index in [4.69, 9.17) is 4.74 Å². The molecule has 0 atom stereocenters. The van der Waals surface area contributed by atoms with Crippen molar-refractivity contribution >= 4 is 35.5 Å². The summed E-state index contributed by atoms with van der Waals surface area (Å²) >= 11 is 0. The van der Waals surface area contributed by atoms with Gasteiger partial charge in [0.1, 0.15) is 17.2 Å². The monoisotopic (exact) mass is 416 g/mol. The van der Waals surface area contributed by atoms with Crippen molar-refractivity contribution in [2.75, 3.05) is 43.5 Å². The van der Waals surface area contributed by atoms with E-state index in [1.165, 1.54) is 0 Å². The highest BCUT2D eigenvalue weighted by Gasteiger charge is 2.19. The van der Waals surface area contributed by atoms with Gasteiger partial charge in [-0.25, -0.2) is 9.97 Å². The Bertz CT molecular complexity index is 1010. The first-order chi connectivity index (χ1) is 13.6. The fraction of sp³-hybridized carbons (Fsp3) is 0.350. The number of nitrogens with zero attached hydrogens (tertiary/aromatic N) is 4. The van der Waals surface area contributed by atoms with E-state index >= 15 is 0 Å². The summed E-state index contributed by atoms with van der Waals surface area (Å²) in [7, 11) is 1.56. The normalized spacial score (nSPS) is 13.8. The molecule has 2 N–H and O–H groups in total. The lowest BCUT2D eigenvalue weighted by atomic mass is 10.1. The molecule has 1 saturated heterocycles. The van der Waals surface area contributed by atoms with Gasteiger partial charge < -0.3 is 24.7 Å². The molecule has 1 aliphatic rings. The number of aryl methyl sites for hydroxylation is 2. The van der Waals surface area contributed by atoms with Crippen molar-refractivity contribution in [3.8, 4) is 5.75 Å². The Morgan fingerprint density at radius 1 is 1.21 bits per heavy atom. The minimum atomic E-state index is -0.268. The molecule has 29 heavy (non-hydrogen) atoms. The summed E-state index contributed by atoms with van der Waals surface area (Å²) < 4.78 is 7.35. The van der Waals surface area contributed by atoms with Crippen LogP contribution in [0.3, 0.4) is 0 Å². The molecule has 1 amide bonds. The van der Waals surface area contributed by atoms with Gasteiger partial charge in [-0.1, -0.05) is 0 Å². The third-order valence-corrected chi connectivity index (χ3v) is 4.96. The molecule has 0 bridgehead atoms. The SMILES string of the molecule is COc1c(C(=O)Nc2ccc(N3CCNCC3)cn2)cn2cc(C)nc2c1C.Cl. The molecule has 0 aliphatic carbocycles. The van der Waals surface area contributed by atoms with Gasteiger partial charge in [-0.2, -0.15) is 0 Å². The van der Waals surface area contributed by atoms with E-state index in [-0.39, 0.29) is 18.3 Å². The maximum Gasteiger partial charge on any atom is 0.262 e. The van der Waals surface area contributed by atoms with Crippen molar-refractivity contribution in [2.24, 2.45) is 0 Å². The Labute approximate surface area is 175 Å². The van der Waals surface area contributed by atoms with E-state index in [0.29, 0.717) is 17.1 Å². The third kappa shape index (κ3) is 4.13. The second-order valence-corrected chi connectivity index (χ2v) is 6.91. The lowest BCUT2D eigenvalue weighted by Crippen LogP contribution is -2.43. The van der Waals surface area contributed by atoms with Gasteiger partial charge in [0.05, 0.1) is 30.3 Å².